The third kappa shape index (κ3) is 5.89. The molecule has 1 atom stereocenters. The Bertz CT molecular complexity index is 553. The molecule has 0 heterocycles. The summed E-state index contributed by atoms with van der Waals surface area (Å²) in [4.78, 5) is 24.7. The van der Waals surface area contributed by atoms with Crippen LogP contribution < -0.4 is 0 Å². The average molecular weight is 346 g/mol. The first kappa shape index (κ1) is 19.5. The lowest BCUT2D eigenvalue weighted by Gasteiger charge is -2.26. The zero-order chi connectivity index (χ0) is 17.4. The Morgan fingerprint density at radius 1 is 1.30 bits per heavy atom. The molecular weight excluding hydrogens is 325 g/mol. The second kappa shape index (κ2) is 9.60. The molecule has 0 spiro atoms. The summed E-state index contributed by atoms with van der Waals surface area (Å²) in [6.07, 6.45) is 0.769. The van der Waals surface area contributed by atoms with Gasteiger partial charge in [0.2, 0.25) is 5.91 Å². The van der Waals surface area contributed by atoms with Crippen molar-refractivity contribution in [2.24, 2.45) is 0 Å². The Hall–Kier alpha value is -1.50. The number of ketones is 1. The average Bonchev–Trinajstić information content (AvgIpc) is 2.55. The van der Waals surface area contributed by atoms with E-state index in [1.54, 1.807) is 13.1 Å². The summed E-state index contributed by atoms with van der Waals surface area (Å²) in [7, 11) is 1.54. The third-order valence-corrected chi connectivity index (χ3v) is 4.15. The number of nitrogens with zero attached hydrogens (tertiary/aromatic N) is 1. The highest BCUT2D eigenvalue weighted by atomic mass is 35.5. The summed E-state index contributed by atoms with van der Waals surface area (Å²) in [6.45, 7) is -0.824. The summed E-state index contributed by atoms with van der Waals surface area (Å²) < 4.78 is 13.3. The SMILES string of the molecule is CN(C(=O)CCc1cccc(F)c1Cl)[C@H](CO)CCC(=O)CO. The van der Waals surface area contributed by atoms with Crippen LogP contribution in [0.2, 0.25) is 5.02 Å². The van der Waals surface area contributed by atoms with Crippen molar-refractivity contribution in [1.29, 1.82) is 0 Å². The van der Waals surface area contributed by atoms with Gasteiger partial charge in [0, 0.05) is 19.9 Å². The molecule has 23 heavy (non-hydrogen) atoms. The molecule has 0 radical (unpaired) electrons. The highest BCUT2D eigenvalue weighted by Gasteiger charge is 2.20. The summed E-state index contributed by atoms with van der Waals surface area (Å²) in [5.41, 5.74) is 0.546. The van der Waals surface area contributed by atoms with Gasteiger partial charge in [-0.15, -0.1) is 0 Å². The largest absolute Gasteiger partial charge is 0.394 e. The molecule has 0 fully saturated rings. The first-order valence-corrected chi connectivity index (χ1v) is 7.70. The second-order valence-electron chi connectivity index (χ2n) is 5.29. The van der Waals surface area contributed by atoms with Crippen LogP contribution in [0, 0.1) is 5.82 Å². The van der Waals surface area contributed by atoms with E-state index in [2.05, 4.69) is 0 Å². The molecule has 0 aliphatic carbocycles. The van der Waals surface area contributed by atoms with Crippen molar-refractivity contribution >= 4 is 23.3 Å². The molecule has 1 aromatic carbocycles. The molecule has 0 aliphatic heterocycles. The lowest BCUT2D eigenvalue weighted by molar-refractivity contribution is -0.133. The van der Waals surface area contributed by atoms with Crippen LogP contribution in [0.3, 0.4) is 0 Å². The fourth-order valence-electron chi connectivity index (χ4n) is 2.18. The molecule has 128 valence electrons. The maximum atomic E-state index is 13.3. The first-order valence-electron chi connectivity index (χ1n) is 7.32. The van der Waals surface area contributed by atoms with Gasteiger partial charge in [-0.2, -0.15) is 0 Å². The predicted molar refractivity (Wildman–Crippen MR) is 84.7 cm³/mol. The maximum absolute atomic E-state index is 13.3. The Balaban J connectivity index is 2.57. The molecular formula is C16H21ClFNO4. The van der Waals surface area contributed by atoms with Crippen LogP contribution in [0.1, 0.15) is 24.8 Å². The van der Waals surface area contributed by atoms with Crippen molar-refractivity contribution in [3.63, 3.8) is 0 Å². The van der Waals surface area contributed by atoms with Crippen molar-refractivity contribution in [2.75, 3.05) is 20.3 Å². The zero-order valence-corrected chi connectivity index (χ0v) is 13.7. The monoisotopic (exact) mass is 345 g/mol. The minimum absolute atomic E-state index is 0.00945. The van der Waals surface area contributed by atoms with Crippen LogP contribution in [0.15, 0.2) is 18.2 Å². The van der Waals surface area contributed by atoms with Gasteiger partial charge in [-0.25, -0.2) is 4.39 Å². The molecule has 5 nitrogen and oxygen atoms in total. The molecule has 1 amide bonds. The summed E-state index contributed by atoms with van der Waals surface area (Å²) in [6, 6.07) is 3.94. The van der Waals surface area contributed by atoms with E-state index in [4.69, 9.17) is 16.7 Å². The molecule has 7 heteroatoms. The second-order valence-corrected chi connectivity index (χ2v) is 5.67. The van der Waals surface area contributed by atoms with E-state index in [0.29, 0.717) is 5.56 Å². The normalized spacial score (nSPS) is 12.0. The minimum atomic E-state index is -0.548. The van der Waals surface area contributed by atoms with E-state index in [-0.39, 0.29) is 49.0 Å². The van der Waals surface area contributed by atoms with Crippen molar-refractivity contribution in [2.45, 2.75) is 31.7 Å². The van der Waals surface area contributed by atoms with Gasteiger partial charge < -0.3 is 15.1 Å². The third-order valence-electron chi connectivity index (χ3n) is 3.72. The number of hydrogen-bond acceptors (Lipinski definition) is 4. The van der Waals surface area contributed by atoms with Gasteiger partial charge in [0.05, 0.1) is 17.7 Å². The van der Waals surface area contributed by atoms with Gasteiger partial charge in [0.25, 0.3) is 0 Å². The van der Waals surface area contributed by atoms with Crippen LogP contribution in [0.5, 0.6) is 0 Å². The molecule has 0 aliphatic rings. The van der Waals surface area contributed by atoms with Gasteiger partial charge in [0.1, 0.15) is 12.4 Å². The number of likely N-dealkylation sites (N-methyl/N-ethyl adjacent to an activating group) is 1. The van der Waals surface area contributed by atoms with E-state index >= 15 is 0 Å². The lowest BCUT2D eigenvalue weighted by Crippen LogP contribution is -2.40. The smallest absolute Gasteiger partial charge is 0.222 e. The van der Waals surface area contributed by atoms with Gasteiger partial charge in [-0.3, -0.25) is 9.59 Å². The molecule has 0 saturated carbocycles. The van der Waals surface area contributed by atoms with Gasteiger partial charge in [0.15, 0.2) is 5.78 Å². The standard InChI is InChI=1S/C16H21ClFNO4/c1-19(12(9-20)6-7-13(22)10-21)15(23)8-5-11-3-2-4-14(18)16(11)17/h2-4,12,20-21H,5-10H2,1H3/t12-/m0/s1. The summed E-state index contributed by atoms with van der Waals surface area (Å²) in [5.74, 6) is -1.10. The van der Waals surface area contributed by atoms with Gasteiger partial charge in [-0.1, -0.05) is 23.7 Å². The molecule has 0 unspecified atom stereocenters. The van der Waals surface area contributed by atoms with Crippen LogP contribution in [-0.4, -0.2) is 53.1 Å². The number of benzene rings is 1. The summed E-state index contributed by atoms with van der Waals surface area (Å²) in [5, 5.41) is 18.1. The number of aliphatic hydroxyl groups is 2. The molecule has 0 aromatic heterocycles. The van der Waals surface area contributed by atoms with Crippen LogP contribution in [-0.2, 0) is 16.0 Å². The van der Waals surface area contributed by atoms with E-state index in [1.165, 1.54) is 17.0 Å². The van der Waals surface area contributed by atoms with Crippen molar-refractivity contribution < 1.29 is 24.2 Å². The van der Waals surface area contributed by atoms with Crippen molar-refractivity contribution in [3.8, 4) is 0 Å². The highest BCUT2D eigenvalue weighted by Crippen LogP contribution is 2.21. The molecule has 1 rings (SSSR count). The number of aryl methyl sites for hydroxylation is 1. The first-order chi connectivity index (χ1) is 10.9. The van der Waals surface area contributed by atoms with Gasteiger partial charge in [-0.05, 0) is 24.5 Å². The number of halogens is 2. The molecule has 2 N–H and O–H groups in total. The number of Topliss-reactive ketones (excluding diaryl/α,β-unsaturated/α-hetero) is 1. The quantitative estimate of drug-likeness (QED) is 0.712. The van der Waals surface area contributed by atoms with E-state index in [1.807, 2.05) is 0 Å². The Morgan fingerprint density at radius 3 is 2.61 bits per heavy atom. The number of hydrogen-bond donors (Lipinski definition) is 2. The Morgan fingerprint density at radius 2 is 2.00 bits per heavy atom. The van der Waals surface area contributed by atoms with E-state index < -0.39 is 18.5 Å². The molecule has 0 saturated heterocycles. The topological polar surface area (TPSA) is 77.8 Å². The number of amides is 1. The number of carbonyl (C=O) groups is 2. The maximum Gasteiger partial charge on any atom is 0.222 e. The van der Waals surface area contributed by atoms with Crippen molar-refractivity contribution in [1.82, 2.24) is 4.90 Å². The number of rotatable bonds is 9. The van der Waals surface area contributed by atoms with Crippen LogP contribution in [0.4, 0.5) is 4.39 Å². The van der Waals surface area contributed by atoms with Crippen LogP contribution in [0.25, 0.3) is 0 Å². The fraction of sp³-hybridized carbons (Fsp3) is 0.500. The summed E-state index contributed by atoms with van der Waals surface area (Å²) >= 11 is 5.85. The molecule has 1 aromatic rings. The van der Waals surface area contributed by atoms with E-state index in [0.717, 1.165) is 0 Å². The predicted octanol–water partition coefficient (Wildman–Crippen LogP) is 1.57. The Labute approximate surface area is 139 Å². The zero-order valence-electron chi connectivity index (χ0n) is 13.0. The van der Waals surface area contributed by atoms with Crippen molar-refractivity contribution in [3.05, 3.63) is 34.6 Å². The van der Waals surface area contributed by atoms with Gasteiger partial charge >= 0.3 is 0 Å². The lowest BCUT2D eigenvalue weighted by atomic mass is 10.1. The Kier molecular flexibility index (Phi) is 8.16. The number of aliphatic hydroxyl groups excluding tert-OH is 2. The molecule has 0 bridgehead atoms. The van der Waals surface area contributed by atoms with Crippen LogP contribution >= 0.6 is 11.6 Å². The number of carbonyl (C=O) groups excluding carboxylic acids is 2. The van der Waals surface area contributed by atoms with E-state index in [9.17, 15) is 19.1 Å². The minimum Gasteiger partial charge on any atom is -0.394 e. The highest BCUT2D eigenvalue weighted by molar-refractivity contribution is 6.31. The fourth-order valence-corrected chi connectivity index (χ4v) is 2.40.